The molecule has 0 aliphatic rings. The number of nitrogens with one attached hydrogen (secondary N) is 1. The van der Waals surface area contributed by atoms with Gasteiger partial charge in [0.15, 0.2) is 0 Å². The number of ether oxygens (including phenoxy) is 1. The molecule has 1 unspecified atom stereocenters. The molecule has 3 N–H and O–H groups in total. The Morgan fingerprint density at radius 1 is 1.42 bits per heavy atom. The molecule has 0 saturated carbocycles. The van der Waals surface area contributed by atoms with E-state index >= 15 is 0 Å². The highest BCUT2D eigenvalue weighted by atomic mass is 79.9. The number of methoxy groups -OCH3 is 1. The lowest BCUT2D eigenvalue weighted by molar-refractivity contribution is 0.411. The monoisotopic (exact) mass is 326 g/mol. The van der Waals surface area contributed by atoms with Gasteiger partial charge in [-0.1, -0.05) is 34.8 Å². The van der Waals surface area contributed by atoms with E-state index in [0.29, 0.717) is 0 Å². The summed E-state index contributed by atoms with van der Waals surface area (Å²) in [5.74, 6) is 6.53. The lowest BCUT2D eigenvalue weighted by Gasteiger charge is -2.18. The molecule has 106 valence electrons. The van der Waals surface area contributed by atoms with Gasteiger partial charge in [-0.3, -0.25) is 11.3 Å². The minimum atomic E-state index is 0.146. The summed E-state index contributed by atoms with van der Waals surface area (Å²) in [6.45, 7) is 3.74. The highest BCUT2D eigenvalue weighted by Gasteiger charge is 2.13. The van der Waals surface area contributed by atoms with Crippen LogP contribution in [0.1, 0.15) is 43.7 Å². The van der Waals surface area contributed by atoms with E-state index in [1.54, 1.807) is 7.11 Å². The van der Waals surface area contributed by atoms with Gasteiger partial charge in [0.2, 0.25) is 0 Å². The summed E-state index contributed by atoms with van der Waals surface area (Å²) in [5.41, 5.74) is 4.04. The van der Waals surface area contributed by atoms with Crippen molar-refractivity contribution in [3.63, 3.8) is 0 Å². The Labute approximate surface area is 124 Å². The summed E-state index contributed by atoms with van der Waals surface area (Å²) in [5, 5.41) is 0. The van der Waals surface area contributed by atoms with Gasteiger partial charge in [0.05, 0.1) is 7.11 Å². The minimum absolute atomic E-state index is 0.146. The van der Waals surface area contributed by atoms with Gasteiger partial charge in [-0.25, -0.2) is 0 Å². The molecule has 0 aliphatic carbocycles. The quantitative estimate of drug-likeness (QED) is 0.311. The van der Waals surface area contributed by atoms with E-state index in [1.165, 1.54) is 12.8 Å². The van der Waals surface area contributed by atoms with Crippen molar-refractivity contribution in [2.45, 2.75) is 38.1 Å². The van der Waals surface area contributed by atoms with Crippen LogP contribution in [0.2, 0.25) is 0 Å². The van der Waals surface area contributed by atoms with E-state index in [4.69, 9.17) is 10.6 Å². The Kier molecular flexibility index (Phi) is 7.79. The molecule has 0 bridgehead atoms. The Morgan fingerprint density at radius 3 is 2.84 bits per heavy atom. The lowest BCUT2D eigenvalue weighted by atomic mass is 10.0. The average Bonchev–Trinajstić information content (AvgIpc) is 2.44. The molecule has 0 spiro atoms. The minimum Gasteiger partial charge on any atom is -0.497 e. The number of rotatable bonds is 9. The molecule has 1 aromatic carbocycles. The summed E-state index contributed by atoms with van der Waals surface area (Å²) in [6.07, 6.45) is 7.61. The van der Waals surface area contributed by atoms with E-state index in [2.05, 4.69) is 27.9 Å². The molecule has 3 nitrogen and oxygen atoms in total. The zero-order valence-corrected chi connectivity index (χ0v) is 13.1. The maximum absolute atomic E-state index is 5.68. The number of unbranched alkanes of at least 4 members (excludes halogenated alkanes) is 3. The molecule has 19 heavy (non-hydrogen) atoms. The summed E-state index contributed by atoms with van der Waals surface area (Å²) in [7, 11) is 1.67. The molecule has 0 aromatic heterocycles. The molecule has 1 aromatic rings. The standard InChI is InChI=1S/C15H23BrN2O/c1-3-4-5-6-7-8-15(18-17)13-11-12(19-2)9-10-14(13)16/h3,9-11,15,18H,1,4-8,17H2,2H3. The van der Waals surface area contributed by atoms with E-state index in [9.17, 15) is 0 Å². The zero-order valence-electron chi connectivity index (χ0n) is 11.5. The van der Waals surface area contributed by atoms with E-state index in [1.807, 2.05) is 24.3 Å². The highest BCUT2D eigenvalue weighted by Crippen LogP contribution is 2.30. The lowest BCUT2D eigenvalue weighted by Crippen LogP contribution is -2.28. The summed E-state index contributed by atoms with van der Waals surface area (Å²) >= 11 is 3.57. The van der Waals surface area contributed by atoms with Crippen LogP contribution in [-0.4, -0.2) is 7.11 Å². The fraction of sp³-hybridized carbons (Fsp3) is 0.467. The Hall–Kier alpha value is -0.840. The first-order valence-electron chi connectivity index (χ1n) is 6.63. The van der Waals surface area contributed by atoms with Crippen LogP contribution >= 0.6 is 15.9 Å². The third kappa shape index (κ3) is 5.35. The van der Waals surface area contributed by atoms with Crippen molar-refractivity contribution in [1.29, 1.82) is 0 Å². The van der Waals surface area contributed by atoms with Gasteiger partial charge in [0, 0.05) is 10.5 Å². The van der Waals surface area contributed by atoms with Crippen molar-refractivity contribution >= 4 is 15.9 Å². The van der Waals surface area contributed by atoms with Gasteiger partial charge in [0.1, 0.15) is 5.75 Å². The number of hydrazine groups is 1. The summed E-state index contributed by atoms with van der Waals surface area (Å²) in [4.78, 5) is 0. The second-order valence-corrected chi connectivity index (χ2v) is 5.39. The number of nitrogens with two attached hydrogens (primary N) is 1. The van der Waals surface area contributed by atoms with Crippen LogP contribution in [0.15, 0.2) is 35.3 Å². The van der Waals surface area contributed by atoms with Crippen molar-refractivity contribution in [2.75, 3.05) is 7.11 Å². The SMILES string of the molecule is C=CCCCCCC(NN)c1cc(OC)ccc1Br. The predicted octanol–water partition coefficient (Wildman–Crippen LogP) is 4.10. The topological polar surface area (TPSA) is 47.3 Å². The zero-order chi connectivity index (χ0) is 14.1. The maximum atomic E-state index is 5.68. The second-order valence-electron chi connectivity index (χ2n) is 4.53. The first-order valence-corrected chi connectivity index (χ1v) is 7.42. The first kappa shape index (κ1) is 16.2. The van der Waals surface area contributed by atoms with Gasteiger partial charge in [-0.05, 0) is 43.0 Å². The fourth-order valence-electron chi connectivity index (χ4n) is 2.06. The summed E-state index contributed by atoms with van der Waals surface area (Å²) < 4.78 is 6.32. The molecule has 0 heterocycles. The normalized spacial score (nSPS) is 12.2. The maximum Gasteiger partial charge on any atom is 0.119 e. The van der Waals surface area contributed by atoms with Crippen LogP contribution in [0, 0.1) is 0 Å². The van der Waals surface area contributed by atoms with Crippen LogP contribution in [-0.2, 0) is 0 Å². The van der Waals surface area contributed by atoms with Gasteiger partial charge >= 0.3 is 0 Å². The van der Waals surface area contributed by atoms with Crippen LogP contribution in [0.25, 0.3) is 0 Å². The van der Waals surface area contributed by atoms with Crippen molar-refractivity contribution < 1.29 is 4.74 Å². The van der Waals surface area contributed by atoms with E-state index in [0.717, 1.165) is 35.0 Å². The average molecular weight is 327 g/mol. The number of halogens is 1. The highest BCUT2D eigenvalue weighted by molar-refractivity contribution is 9.10. The smallest absolute Gasteiger partial charge is 0.119 e. The molecular formula is C15H23BrN2O. The van der Waals surface area contributed by atoms with Crippen molar-refractivity contribution in [3.05, 3.63) is 40.9 Å². The number of hydrogen-bond acceptors (Lipinski definition) is 3. The van der Waals surface area contributed by atoms with Gasteiger partial charge < -0.3 is 4.74 Å². The molecule has 0 saturated heterocycles. The molecule has 0 amide bonds. The molecule has 0 aliphatic heterocycles. The molecule has 1 atom stereocenters. The third-order valence-corrected chi connectivity index (χ3v) is 3.90. The predicted molar refractivity (Wildman–Crippen MR) is 84.0 cm³/mol. The van der Waals surface area contributed by atoms with Crippen molar-refractivity contribution in [1.82, 2.24) is 5.43 Å². The van der Waals surface area contributed by atoms with Crippen LogP contribution < -0.4 is 16.0 Å². The number of allylic oxidation sites excluding steroid dienone is 1. The Bertz CT molecular complexity index is 396. The molecule has 0 radical (unpaired) electrons. The van der Waals surface area contributed by atoms with Gasteiger partial charge in [0.25, 0.3) is 0 Å². The van der Waals surface area contributed by atoms with Crippen molar-refractivity contribution in [3.8, 4) is 5.75 Å². The van der Waals surface area contributed by atoms with Gasteiger partial charge in [-0.2, -0.15) is 0 Å². The van der Waals surface area contributed by atoms with Gasteiger partial charge in [-0.15, -0.1) is 6.58 Å². The van der Waals surface area contributed by atoms with E-state index < -0.39 is 0 Å². The van der Waals surface area contributed by atoms with Crippen molar-refractivity contribution in [2.24, 2.45) is 5.84 Å². The molecular weight excluding hydrogens is 304 g/mol. The van der Waals surface area contributed by atoms with Crippen LogP contribution in [0.4, 0.5) is 0 Å². The summed E-state index contributed by atoms with van der Waals surface area (Å²) in [6, 6.07) is 6.10. The number of benzene rings is 1. The molecule has 4 heteroatoms. The molecule has 0 fully saturated rings. The fourth-order valence-corrected chi connectivity index (χ4v) is 2.58. The van der Waals surface area contributed by atoms with E-state index in [-0.39, 0.29) is 6.04 Å². The third-order valence-electron chi connectivity index (χ3n) is 3.18. The largest absolute Gasteiger partial charge is 0.497 e. The van der Waals surface area contributed by atoms with Crippen LogP contribution in [0.3, 0.4) is 0 Å². The van der Waals surface area contributed by atoms with Crippen LogP contribution in [0.5, 0.6) is 5.75 Å². The Balaban J connectivity index is 2.60. The first-order chi connectivity index (χ1) is 9.22. The molecule has 1 rings (SSSR count). The number of hydrogen-bond donors (Lipinski definition) is 2. The second kappa shape index (κ2) is 9.13. The Morgan fingerprint density at radius 2 is 2.21 bits per heavy atom.